The van der Waals surface area contributed by atoms with Gasteiger partial charge in [-0.15, -0.1) is 5.11 Å². The average Bonchev–Trinajstić information content (AvgIpc) is 2.50. The molecule has 0 bridgehead atoms. The van der Waals surface area contributed by atoms with Gasteiger partial charge in [0.05, 0.1) is 25.9 Å². The first kappa shape index (κ1) is 15.8. The standard InChI is InChI=1S/C15H22N4O/c1-6-14(3)18-9-11-19(12-10-18)17-16-13(2)7-8-15(4)20-5/h6-8H,1-4,9-12H2,5H3/b8-7-,17-16?. The van der Waals surface area contributed by atoms with Gasteiger partial charge >= 0.3 is 0 Å². The molecule has 0 spiro atoms. The highest BCUT2D eigenvalue weighted by atomic mass is 16.5. The Hall–Kier alpha value is -2.30. The monoisotopic (exact) mass is 274 g/mol. The SMILES string of the molecule is C=CC(=C)N1CCN(N=NC(=C)/C=C\C(=C)OC)CC1. The minimum Gasteiger partial charge on any atom is -0.497 e. The van der Waals surface area contributed by atoms with E-state index in [-0.39, 0.29) is 0 Å². The molecule has 0 unspecified atom stereocenters. The predicted molar refractivity (Wildman–Crippen MR) is 81.8 cm³/mol. The van der Waals surface area contributed by atoms with Gasteiger partial charge in [0.25, 0.3) is 0 Å². The van der Waals surface area contributed by atoms with E-state index < -0.39 is 0 Å². The number of rotatable bonds is 7. The van der Waals surface area contributed by atoms with E-state index in [0.29, 0.717) is 11.5 Å². The zero-order valence-corrected chi connectivity index (χ0v) is 12.1. The highest BCUT2D eigenvalue weighted by Crippen LogP contribution is 2.10. The van der Waals surface area contributed by atoms with Gasteiger partial charge in [0.15, 0.2) is 0 Å². The summed E-state index contributed by atoms with van der Waals surface area (Å²) in [5.74, 6) is 0.554. The lowest BCUT2D eigenvalue weighted by Crippen LogP contribution is -2.42. The Morgan fingerprint density at radius 2 is 1.75 bits per heavy atom. The quantitative estimate of drug-likeness (QED) is 0.407. The summed E-state index contributed by atoms with van der Waals surface area (Å²) in [6.07, 6.45) is 5.19. The van der Waals surface area contributed by atoms with Crippen LogP contribution < -0.4 is 0 Å². The number of nitrogens with zero attached hydrogens (tertiary/aromatic N) is 4. The second kappa shape index (κ2) is 7.99. The van der Waals surface area contributed by atoms with E-state index in [0.717, 1.165) is 31.9 Å². The molecule has 0 saturated carbocycles. The molecule has 5 heteroatoms. The summed E-state index contributed by atoms with van der Waals surface area (Å²) < 4.78 is 4.91. The lowest BCUT2D eigenvalue weighted by molar-refractivity contribution is 0.158. The second-order valence-electron chi connectivity index (χ2n) is 4.32. The zero-order chi connectivity index (χ0) is 15.0. The fraction of sp³-hybridized carbons (Fsp3) is 0.333. The summed E-state index contributed by atoms with van der Waals surface area (Å²) in [4.78, 5) is 2.18. The van der Waals surface area contributed by atoms with Crippen molar-refractivity contribution in [2.75, 3.05) is 33.3 Å². The number of ether oxygens (including phenoxy) is 1. The van der Waals surface area contributed by atoms with Crippen molar-refractivity contribution >= 4 is 0 Å². The van der Waals surface area contributed by atoms with E-state index in [9.17, 15) is 0 Å². The van der Waals surface area contributed by atoms with Crippen molar-refractivity contribution in [1.29, 1.82) is 0 Å². The summed E-state index contributed by atoms with van der Waals surface area (Å²) in [5, 5.41) is 10.1. The first-order valence-electron chi connectivity index (χ1n) is 6.39. The van der Waals surface area contributed by atoms with Crippen LogP contribution in [0.15, 0.2) is 72.0 Å². The van der Waals surface area contributed by atoms with Crippen LogP contribution in [0.5, 0.6) is 0 Å². The van der Waals surface area contributed by atoms with Crippen LogP contribution in [0.4, 0.5) is 0 Å². The van der Waals surface area contributed by atoms with Crippen LogP contribution in [-0.2, 0) is 4.74 Å². The van der Waals surface area contributed by atoms with Crippen LogP contribution in [0, 0.1) is 0 Å². The van der Waals surface area contributed by atoms with Crippen molar-refractivity contribution in [1.82, 2.24) is 9.91 Å². The van der Waals surface area contributed by atoms with Crippen LogP contribution in [0.3, 0.4) is 0 Å². The number of piperazine rings is 1. The molecular weight excluding hydrogens is 252 g/mol. The second-order valence-corrected chi connectivity index (χ2v) is 4.32. The van der Waals surface area contributed by atoms with Gasteiger partial charge in [0.2, 0.25) is 0 Å². The Kier molecular flexibility index (Phi) is 6.29. The molecule has 0 N–H and O–H groups in total. The maximum absolute atomic E-state index is 4.91. The Balaban J connectivity index is 2.39. The van der Waals surface area contributed by atoms with Gasteiger partial charge in [0.1, 0.15) is 5.76 Å². The van der Waals surface area contributed by atoms with E-state index in [1.54, 1.807) is 25.3 Å². The number of hydrogen-bond acceptors (Lipinski definition) is 4. The van der Waals surface area contributed by atoms with Gasteiger partial charge in [-0.05, 0) is 18.2 Å². The van der Waals surface area contributed by atoms with E-state index in [1.165, 1.54) is 0 Å². The molecule has 108 valence electrons. The van der Waals surface area contributed by atoms with Crippen molar-refractivity contribution in [2.45, 2.75) is 0 Å². The molecule has 1 aliphatic rings. The van der Waals surface area contributed by atoms with Crippen molar-refractivity contribution in [2.24, 2.45) is 10.3 Å². The van der Waals surface area contributed by atoms with E-state index in [4.69, 9.17) is 4.74 Å². The topological polar surface area (TPSA) is 40.4 Å². The summed E-state index contributed by atoms with van der Waals surface area (Å²) >= 11 is 0. The molecule has 0 aromatic rings. The van der Waals surface area contributed by atoms with E-state index in [1.807, 2.05) is 5.01 Å². The van der Waals surface area contributed by atoms with Gasteiger partial charge in [0, 0.05) is 18.8 Å². The molecule has 0 atom stereocenters. The summed E-state index contributed by atoms with van der Waals surface area (Å²) in [6, 6.07) is 0. The predicted octanol–water partition coefficient (Wildman–Crippen LogP) is 2.90. The molecule has 20 heavy (non-hydrogen) atoms. The number of methoxy groups -OCH3 is 1. The molecule has 1 fully saturated rings. The first-order chi connectivity index (χ1) is 9.56. The van der Waals surface area contributed by atoms with Gasteiger partial charge in [-0.1, -0.05) is 31.5 Å². The maximum atomic E-state index is 4.91. The van der Waals surface area contributed by atoms with Gasteiger partial charge < -0.3 is 9.64 Å². The molecule has 0 aromatic heterocycles. The van der Waals surface area contributed by atoms with Crippen LogP contribution in [0.1, 0.15) is 0 Å². The summed E-state index contributed by atoms with van der Waals surface area (Å²) in [7, 11) is 1.56. The molecule has 5 nitrogen and oxygen atoms in total. The highest BCUT2D eigenvalue weighted by Gasteiger charge is 2.15. The first-order valence-corrected chi connectivity index (χ1v) is 6.39. The third-order valence-electron chi connectivity index (χ3n) is 2.92. The van der Waals surface area contributed by atoms with Crippen molar-refractivity contribution < 1.29 is 4.74 Å². The van der Waals surface area contributed by atoms with Gasteiger partial charge in [-0.3, -0.25) is 5.01 Å². The van der Waals surface area contributed by atoms with Crippen molar-refractivity contribution in [3.8, 4) is 0 Å². The van der Waals surface area contributed by atoms with Crippen molar-refractivity contribution in [3.05, 3.63) is 61.7 Å². The minimum absolute atomic E-state index is 0.554. The lowest BCUT2D eigenvalue weighted by atomic mass is 10.3. The Labute approximate surface area is 120 Å². The molecule has 1 heterocycles. The summed E-state index contributed by atoms with van der Waals surface area (Å²) in [6.45, 7) is 18.5. The van der Waals surface area contributed by atoms with E-state index in [2.05, 4.69) is 41.6 Å². The smallest absolute Gasteiger partial charge is 0.111 e. The highest BCUT2D eigenvalue weighted by molar-refractivity contribution is 5.19. The van der Waals surface area contributed by atoms with Gasteiger partial charge in [-0.2, -0.15) is 0 Å². The van der Waals surface area contributed by atoms with Crippen LogP contribution in [0.25, 0.3) is 0 Å². The van der Waals surface area contributed by atoms with Crippen LogP contribution >= 0.6 is 0 Å². The molecule has 1 saturated heterocycles. The van der Waals surface area contributed by atoms with Crippen molar-refractivity contribution in [3.63, 3.8) is 0 Å². The molecule has 0 amide bonds. The Morgan fingerprint density at radius 1 is 1.10 bits per heavy atom. The minimum atomic E-state index is 0.554. The Morgan fingerprint density at radius 3 is 2.30 bits per heavy atom. The number of allylic oxidation sites excluding steroid dienone is 3. The molecule has 0 aromatic carbocycles. The van der Waals surface area contributed by atoms with Crippen LogP contribution in [-0.4, -0.2) is 43.2 Å². The van der Waals surface area contributed by atoms with Gasteiger partial charge in [-0.25, -0.2) is 0 Å². The molecule has 1 aliphatic heterocycles. The Bertz CT molecular complexity index is 443. The zero-order valence-electron chi connectivity index (χ0n) is 12.1. The molecule has 0 aliphatic carbocycles. The van der Waals surface area contributed by atoms with E-state index >= 15 is 0 Å². The average molecular weight is 274 g/mol. The fourth-order valence-corrected chi connectivity index (χ4v) is 1.61. The largest absolute Gasteiger partial charge is 0.497 e. The lowest BCUT2D eigenvalue weighted by Gasteiger charge is -2.33. The molecular formula is C15H22N4O. The molecule has 1 rings (SSSR count). The summed E-state index contributed by atoms with van der Waals surface area (Å²) in [5.41, 5.74) is 1.51. The third kappa shape index (κ3) is 5.14. The molecule has 0 radical (unpaired) electrons. The number of hydrogen-bond donors (Lipinski definition) is 0. The van der Waals surface area contributed by atoms with Crippen LogP contribution in [0.2, 0.25) is 0 Å². The maximum Gasteiger partial charge on any atom is 0.111 e. The third-order valence-corrected chi connectivity index (χ3v) is 2.92. The normalized spacial score (nSPS) is 15.7. The fourth-order valence-electron chi connectivity index (χ4n) is 1.61.